The second-order valence-electron chi connectivity index (χ2n) is 3.71. The van der Waals surface area contributed by atoms with Gasteiger partial charge < -0.3 is 31.9 Å². The van der Waals surface area contributed by atoms with Gasteiger partial charge in [0.1, 0.15) is 0 Å². The molecule has 0 saturated heterocycles. The molecule has 0 spiro atoms. The number of carbonyl (C=O) groups is 1. The van der Waals surface area contributed by atoms with Crippen LogP contribution in [0.2, 0.25) is 6.82 Å². The molecule has 0 N–H and O–H groups in total. The third-order valence-corrected chi connectivity index (χ3v) is 6.38. The van der Waals surface area contributed by atoms with Crippen LogP contribution in [0.15, 0.2) is 0 Å². The summed E-state index contributed by atoms with van der Waals surface area (Å²) in [7, 11) is 8.17. The molecule has 0 aromatic rings. The number of hydrogen-bond acceptors (Lipinski definition) is 10. The summed E-state index contributed by atoms with van der Waals surface area (Å²) >= 11 is 0. The zero-order chi connectivity index (χ0) is 22.0. The van der Waals surface area contributed by atoms with Crippen LogP contribution in [-0.4, -0.2) is 76.9 Å². The Bertz CT molecular complexity index is 447. The van der Waals surface area contributed by atoms with Crippen molar-refractivity contribution in [2.75, 3.05) is 55.5 Å². The Kier molecular flexibility index (Phi) is 30.7. The number of rotatable bonds is 8. The van der Waals surface area contributed by atoms with E-state index >= 15 is 0 Å². The third-order valence-electron chi connectivity index (χ3n) is 2.13. The van der Waals surface area contributed by atoms with Crippen molar-refractivity contribution < 1.29 is 64.5 Å². The first-order chi connectivity index (χ1) is 11.8. The van der Waals surface area contributed by atoms with Crippen molar-refractivity contribution in [2.24, 2.45) is 0 Å². The van der Waals surface area contributed by atoms with Crippen molar-refractivity contribution in [2.45, 2.75) is 6.82 Å². The predicted molar refractivity (Wildman–Crippen MR) is 103 cm³/mol. The molecule has 0 aliphatic rings. The predicted octanol–water partition coefficient (Wildman–Crippen LogP) is -0.260. The summed E-state index contributed by atoms with van der Waals surface area (Å²) in [5.74, 6) is 0. The first-order valence-corrected chi connectivity index (χ1v) is 12.0. The van der Waals surface area contributed by atoms with E-state index in [1.165, 1.54) is 56.1 Å². The van der Waals surface area contributed by atoms with Gasteiger partial charge in [0.25, 0.3) is 0 Å². The molecule has 0 atom stereocenters. The van der Waals surface area contributed by atoms with Gasteiger partial charge >= 0.3 is 34.1 Å². The smallest absolute Gasteiger partial charge is 0.335 e. The van der Waals surface area contributed by atoms with Crippen LogP contribution < -0.4 is 18.9 Å². The number of hydrogen-bond donors (Lipinski definition) is 0. The summed E-state index contributed by atoms with van der Waals surface area (Å²) in [5.41, 5.74) is -0.702. The van der Waals surface area contributed by atoms with Gasteiger partial charge in [-0.25, -0.2) is 6.66 Å². The Morgan fingerprint density at radius 3 is 1.15 bits per heavy atom. The van der Waals surface area contributed by atoms with Crippen LogP contribution in [0.4, 0.5) is 0 Å². The molecule has 154 valence electrons. The van der Waals surface area contributed by atoms with E-state index in [1.54, 1.807) is 0 Å². The average Bonchev–Trinajstić information content (AvgIpc) is 2.63. The molecule has 10 nitrogen and oxygen atoms in total. The van der Waals surface area contributed by atoms with Gasteiger partial charge in [-0.15, -0.1) is 0 Å². The van der Waals surface area contributed by atoms with Gasteiger partial charge in [0, 0.05) is 49.3 Å². The molecule has 0 aromatic carbocycles. The van der Waals surface area contributed by atoms with E-state index in [4.69, 9.17) is 7.85 Å². The van der Waals surface area contributed by atoms with E-state index in [2.05, 4.69) is 41.7 Å². The minimum atomic E-state index is -3.21. The molecule has 0 amide bonds. The summed E-state index contributed by atoms with van der Waals surface area (Å²) in [6.07, 6.45) is -0.375. The number of carbonyl (C=O) groups excluding carboxylic acids is 1. The summed E-state index contributed by atoms with van der Waals surface area (Å²) in [6, 6.07) is 0. The van der Waals surface area contributed by atoms with Crippen LogP contribution in [0.25, 0.3) is 0 Å². The molecule has 0 rings (SSSR count). The Morgan fingerprint density at radius 1 is 0.815 bits per heavy atom. The fourth-order valence-electron chi connectivity index (χ4n) is 0.544. The van der Waals surface area contributed by atoms with Crippen molar-refractivity contribution >= 4 is 44.2 Å². The van der Waals surface area contributed by atoms with Gasteiger partial charge in [-0.1, -0.05) is 6.82 Å². The molecule has 0 saturated carbocycles. The Balaban J connectivity index is -0.0000000858. The van der Waals surface area contributed by atoms with Crippen LogP contribution in [0.5, 0.6) is 0 Å². The zero-order valence-electron chi connectivity index (χ0n) is 17.5. The molecule has 4 radical (unpaired) electrons. The minimum Gasteiger partial charge on any atom is -0.335 e. The van der Waals surface area contributed by atoms with Crippen molar-refractivity contribution in [3.8, 4) is 0 Å². The molecule has 0 fully saturated rings. The van der Waals surface area contributed by atoms with Crippen molar-refractivity contribution in [1.29, 1.82) is 0 Å². The van der Waals surface area contributed by atoms with Gasteiger partial charge in [0.15, 0.2) is 15.4 Å². The quantitative estimate of drug-likeness (QED) is 0.282. The SMILES string of the molecule is COP(C)(=O)OC.[B]C.[B]C(=O)CP(=O)(OC)OC.[CH2-]P(=O)(OC)OC.[Li+]. The Hall–Kier alpha value is 0.847. The van der Waals surface area contributed by atoms with E-state index in [-0.39, 0.29) is 25.0 Å². The molecule has 0 aliphatic carbocycles. The molecule has 0 heterocycles. The molecule has 0 unspecified atom stereocenters. The van der Waals surface area contributed by atoms with Gasteiger partial charge in [-0.05, 0) is 0 Å². The maximum atomic E-state index is 11.0. The second-order valence-corrected chi connectivity index (χ2v) is 10.2. The molecular formula is C11H28B2LiO10P3. The van der Waals surface area contributed by atoms with E-state index in [1.807, 2.05) is 0 Å². The maximum absolute atomic E-state index is 11.0. The van der Waals surface area contributed by atoms with Gasteiger partial charge in [0.2, 0.25) is 0 Å². The third kappa shape index (κ3) is 29.1. The van der Waals surface area contributed by atoms with E-state index in [0.717, 1.165) is 0 Å². The monoisotopic (exact) mass is 442 g/mol. The van der Waals surface area contributed by atoms with Crippen LogP contribution in [0.3, 0.4) is 0 Å². The Morgan fingerprint density at radius 2 is 1.11 bits per heavy atom. The summed E-state index contributed by atoms with van der Waals surface area (Å²) in [4.78, 5) is 10.2. The van der Waals surface area contributed by atoms with Gasteiger partial charge in [-0.3, -0.25) is 13.7 Å². The molecular weight excluding hydrogens is 414 g/mol. The molecule has 0 aromatic heterocycles. The van der Waals surface area contributed by atoms with E-state index in [9.17, 15) is 18.5 Å². The van der Waals surface area contributed by atoms with Crippen LogP contribution in [-0.2, 0) is 45.6 Å². The van der Waals surface area contributed by atoms with Crippen molar-refractivity contribution in [3.63, 3.8) is 0 Å². The standard InChI is InChI=1S/C4H8BO4P.C3H9O3P.C3H8O3P.CH3B.Li/c1-8-10(7,9-2)3-4(5)6;2*1-5-7(3,4)6-2;1-2;/h3H2,1-2H3;1-3H3;3H2,1-2H3;1H3;/q;;-1;;+1. The summed E-state index contributed by atoms with van der Waals surface area (Å²) in [6.45, 7) is 6.03. The minimum absolute atomic E-state index is 0. The van der Waals surface area contributed by atoms with E-state index < -0.39 is 28.5 Å². The van der Waals surface area contributed by atoms with E-state index in [0.29, 0.717) is 0 Å². The largest absolute Gasteiger partial charge is 1.00 e. The van der Waals surface area contributed by atoms with Crippen molar-refractivity contribution in [3.05, 3.63) is 6.66 Å². The normalized spacial score (nSPS) is 10.6. The summed E-state index contributed by atoms with van der Waals surface area (Å²) < 4.78 is 58.2. The Labute approximate surface area is 177 Å². The van der Waals surface area contributed by atoms with Crippen LogP contribution >= 0.6 is 22.8 Å². The van der Waals surface area contributed by atoms with Gasteiger partial charge in [0.05, 0.1) is 19.7 Å². The fourth-order valence-corrected chi connectivity index (χ4v) is 1.63. The van der Waals surface area contributed by atoms with Gasteiger partial charge in [-0.2, -0.15) is 0 Å². The topological polar surface area (TPSA) is 124 Å². The molecule has 0 aliphatic heterocycles. The van der Waals surface area contributed by atoms with Crippen molar-refractivity contribution in [1.82, 2.24) is 0 Å². The zero-order valence-corrected chi connectivity index (χ0v) is 20.2. The molecule has 0 bridgehead atoms. The average molecular weight is 442 g/mol. The second kappa shape index (κ2) is 21.6. The first kappa shape index (κ1) is 38.5. The van der Waals surface area contributed by atoms with Crippen LogP contribution in [0.1, 0.15) is 0 Å². The fraction of sp³-hybridized carbons (Fsp3) is 0.818. The molecule has 16 heteroatoms. The maximum Gasteiger partial charge on any atom is 1.00 e. The van der Waals surface area contributed by atoms with Crippen LogP contribution in [0, 0.1) is 6.66 Å². The summed E-state index contributed by atoms with van der Waals surface area (Å²) in [5, 5.41) is 0. The first-order valence-electron chi connectivity index (χ1n) is 6.60. The molecule has 27 heavy (non-hydrogen) atoms.